The minimum absolute atomic E-state index is 0.0832. The molecule has 0 aliphatic heterocycles. The van der Waals surface area contributed by atoms with E-state index in [0.29, 0.717) is 10.4 Å². The van der Waals surface area contributed by atoms with Gasteiger partial charge in [-0.1, -0.05) is 6.07 Å². The van der Waals surface area contributed by atoms with Crippen LogP contribution in [0, 0.1) is 13.8 Å². The number of nitrogens with one attached hydrogen (secondary N) is 2. The van der Waals surface area contributed by atoms with E-state index in [-0.39, 0.29) is 5.76 Å². The fourth-order valence-electron chi connectivity index (χ4n) is 1.76. The maximum absolute atomic E-state index is 11.9. The molecule has 1 aromatic heterocycles. The van der Waals surface area contributed by atoms with Crippen LogP contribution in [0.2, 0.25) is 0 Å². The van der Waals surface area contributed by atoms with Crippen molar-refractivity contribution in [2.24, 2.45) is 0 Å². The average molecular weight is 381 g/mol. The second-order valence-corrected chi connectivity index (χ2v) is 5.83. The van der Waals surface area contributed by atoms with Crippen LogP contribution < -0.4 is 15.6 Å². The van der Waals surface area contributed by atoms with E-state index >= 15 is 0 Å². The second kappa shape index (κ2) is 7.32. The molecule has 1 aromatic carbocycles. The molecule has 0 saturated heterocycles. The maximum Gasteiger partial charge on any atom is 0.305 e. The predicted molar refractivity (Wildman–Crippen MR) is 88.0 cm³/mol. The van der Waals surface area contributed by atoms with Gasteiger partial charge in [0.05, 0.1) is 0 Å². The fourth-order valence-corrected chi connectivity index (χ4v) is 2.07. The van der Waals surface area contributed by atoms with Crippen molar-refractivity contribution in [3.05, 3.63) is 51.9 Å². The molecule has 0 bridgehead atoms. The highest BCUT2D eigenvalue weighted by Crippen LogP contribution is 2.17. The van der Waals surface area contributed by atoms with Gasteiger partial charge in [0.2, 0.25) is 0 Å². The lowest BCUT2D eigenvalue weighted by atomic mass is 10.1. The number of amides is 2. The number of furan rings is 1. The van der Waals surface area contributed by atoms with Crippen molar-refractivity contribution in [1.29, 1.82) is 0 Å². The summed E-state index contributed by atoms with van der Waals surface area (Å²) in [5.41, 5.74) is 6.78. The standard InChI is InChI=1S/C16H17BrN2O4/c1-9-4-5-12(8-10(9)2)22-11(3)15(20)18-19-16(21)13-6-7-14(17)23-13/h4-8,11H,1-3H3,(H,18,20)(H,19,21). The van der Waals surface area contributed by atoms with Gasteiger partial charge in [-0.05, 0) is 72.1 Å². The van der Waals surface area contributed by atoms with Gasteiger partial charge in [-0.15, -0.1) is 0 Å². The van der Waals surface area contributed by atoms with Crippen molar-refractivity contribution in [2.75, 3.05) is 0 Å². The number of rotatable bonds is 4. The molecule has 23 heavy (non-hydrogen) atoms. The van der Waals surface area contributed by atoms with E-state index in [0.717, 1.165) is 11.1 Å². The molecule has 2 N–H and O–H groups in total. The van der Waals surface area contributed by atoms with Gasteiger partial charge in [0, 0.05) is 0 Å². The molecule has 0 aliphatic carbocycles. The molecule has 0 saturated carbocycles. The number of benzene rings is 1. The fraction of sp³-hybridized carbons (Fsp3) is 0.250. The van der Waals surface area contributed by atoms with Gasteiger partial charge >= 0.3 is 5.91 Å². The SMILES string of the molecule is Cc1ccc(OC(C)C(=O)NNC(=O)c2ccc(Br)o2)cc1C. The topological polar surface area (TPSA) is 80.6 Å². The molecule has 2 aromatic rings. The Labute approximate surface area is 142 Å². The van der Waals surface area contributed by atoms with Crippen molar-refractivity contribution in [3.8, 4) is 5.75 Å². The van der Waals surface area contributed by atoms with Crippen molar-refractivity contribution >= 4 is 27.7 Å². The molecular weight excluding hydrogens is 364 g/mol. The summed E-state index contributed by atoms with van der Waals surface area (Å²) < 4.78 is 11.1. The Hall–Kier alpha value is -2.28. The second-order valence-electron chi connectivity index (χ2n) is 5.05. The third kappa shape index (κ3) is 4.59. The molecule has 2 rings (SSSR count). The molecule has 0 aliphatic rings. The summed E-state index contributed by atoms with van der Waals surface area (Å²) in [6.45, 7) is 5.56. The summed E-state index contributed by atoms with van der Waals surface area (Å²) in [5.74, 6) is -0.346. The number of carbonyl (C=O) groups is 2. The van der Waals surface area contributed by atoms with Crippen LogP contribution in [0.4, 0.5) is 0 Å². The lowest BCUT2D eigenvalue weighted by Gasteiger charge is -2.15. The van der Waals surface area contributed by atoms with Crippen LogP contribution in [-0.4, -0.2) is 17.9 Å². The first-order valence-electron chi connectivity index (χ1n) is 6.96. The summed E-state index contributed by atoms with van der Waals surface area (Å²) in [6, 6.07) is 8.65. The first kappa shape index (κ1) is 17.1. The van der Waals surface area contributed by atoms with Crippen LogP contribution in [0.25, 0.3) is 0 Å². The van der Waals surface area contributed by atoms with Crippen molar-refractivity contribution in [2.45, 2.75) is 26.9 Å². The van der Waals surface area contributed by atoms with Crippen LogP contribution in [-0.2, 0) is 4.79 Å². The quantitative estimate of drug-likeness (QED) is 0.799. The summed E-state index contributed by atoms with van der Waals surface area (Å²) in [6.07, 6.45) is -0.763. The molecule has 7 heteroatoms. The van der Waals surface area contributed by atoms with Crippen molar-refractivity contribution in [1.82, 2.24) is 10.9 Å². The Kier molecular flexibility index (Phi) is 5.44. The Balaban J connectivity index is 1.87. The zero-order chi connectivity index (χ0) is 17.0. The summed E-state index contributed by atoms with van der Waals surface area (Å²) >= 11 is 3.10. The van der Waals surface area contributed by atoms with Gasteiger partial charge in [0.25, 0.3) is 5.91 Å². The highest BCUT2D eigenvalue weighted by Gasteiger charge is 2.17. The zero-order valence-electron chi connectivity index (χ0n) is 13.0. The molecule has 0 radical (unpaired) electrons. The Morgan fingerprint density at radius 1 is 1.13 bits per heavy atom. The molecule has 1 heterocycles. The van der Waals surface area contributed by atoms with Crippen LogP contribution in [0.15, 0.2) is 39.4 Å². The zero-order valence-corrected chi connectivity index (χ0v) is 14.6. The lowest BCUT2D eigenvalue weighted by Crippen LogP contribution is -2.47. The first-order chi connectivity index (χ1) is 10.9. The van der Waals surface area contributed by atoms with Gasteiger partial charge < -0.3 is 9.15 Å². The van der Waals surface area contributed by atoms with E-state index in [1.165, 1.54) is 6.07 Å². The average Bonchev–Trinajstić information content (AvgIpc) is 2.94. The third-order valence-electron chi connectivity index (χ3n) is 3.26. The Bertz CT molecular complexity index is 727. The number of hydrazine groups is 1. The summed E-state index contributed by atoms with van der Waals surface area (Å²) in [4.78, 5) is 23.7. The highest BCUT2D eigenvalue weighted by molar-refractivity contribution is 9.10. The van der Waals surface area contributed by atoms with Gasteiger partial charge in [-0.25, -0.2) is 0 Å². The third-order valence-corrected chi connectivity index (χ3v) is 3.68. The molecule has 1 atom stereocenters. The minimum Gasteiger partial charge on any atom is -0.481 e. The van der Waals surface area contributed by atoms with Crippen LogP contribution in [0.3, 0.4) is 0 Å². The Morgan fingerprint density at radius 3 is 2.48 bits per heavy atom. The minimum atomic E-state index is -0.763. The number of ether oxygens (including phenoxy) is 1. The van der Waals surface area contributed by atoms with Crippen molar-refractivity contribution < 1.29 is 18.7 Å². The normalized spacial score (nSPS) is 11.7. The van der Waals surface area contributed by atoms with E-state index in [4.69, 9.17) is 9.15 Å². The monoisotopic (exact) mass is 380 g/mol. The maximum atomic E-state index is 11.9. The number of halogens is 1. The summed E-state index contributed by atoms with van der Waals surface area (Å²) in [5, 5.41) is 0. The van der Waals surface area contributed by atoms with E-state index < -0.39 is 17.9 Å². The molecule has 6 nitrogen and oxygen atoms in total. The summed E-state index contributed by atoms with van der Waals surface area (Å²) in [7, 11) is 0. The van der Waals surface area contributed by atoms with Gasteiger partial charge in [-0.2, -0.15) is 0 Å². The smallest absolute Gasteiger partial charge is 0.305 e. The molecule has 0 spiro atoms. The lowest BCUT2D eigenvalue weighted by molar-refractivity contribution is -0.128. The first-order valence-corrected chi connectivity index (χ1v) is 7.75. The van der Waals surface area contributed by atoms with Gasteiger partial charge in [0.15, 0.2) is 16.5 Å². The van der Waals surface area contributed by atoms with E-state index in [9.17, 15) is 9.59 Å². The van der Waals surface area contributed by atoms with Gasteiger partial charge in [-0.3, -0.25) is 20.4 Å². The molecule has 1 unspecified atom stereocenters. The van der Waals surface area contributed by atoms with Crippen molar-refractivity contribution in [3.63, 3.8) is 0 Å². The van der Waals surface area contributed by atoms with Gasteiger partial charge in [0.1, 0.15) is 5.75 Å². The number of hydrogen-bond donors (Lipinski definition) is 2. The molecule has 0 fully saturated rings. The number of hydrogen-bond acceptors (Lipinski definition) is 4. The number of carbonyl (C=O) groups excluding carboxylic acids is 2. The highest BCUT2D eigenvalue weighted by atomic mass is 79.9. The van der Waals surface area contributed by atoms with E-state index in [1.807, 2.05) is 26.0 Å². The van der Waals surface area contributed by atoms with Crippen LogP contribution in [0.1, 0.15) is 28.6 Å². The molecule has 2 amide bonds. The number of aryl methyl sites for hydroxylation is 2. The van der Waals surface area contributed by atoms with Crippen LogP contribution >= 0.6 is 15.9 Å². The van der Waals surface area contributed by atoms with Crippen LogP contribution in [0.5, 0.6) is 5.75 Å². The largest absolute Gasteiger partial charge is 0.481 e. The predicted octanol–water partition coefficient (Wildman–Crippen LogP) is 2.89. The Morgan fingerprint density at radius 2 is 1.87 bits per heavy atom. The molecular formula is C16H17BrN2O4. The van der Waals surface area contributed by atoms with E-state index in [2.05, 4.69) is 26.8 Å². The van der Waals surface area contributed by atoms with E-state index in [1.54, 1.807) is 19.1 Å². The molecule has 122 valence electrons.